The van der Waals surface area contributed by atoms with Crippen LogP contribution < -0.4 is 4.90 Å². The first kappa shape index (κ1) is 18.3. The number of morpholine rings is 1. The summed E-state index contributed by atoms with van der Waals surface area (Å²) >= 11 is 5.89. The monoisotopic (exact) mass is 377 g/mol. The number of hydrogen-bond acceptors (Lipinski definition) is 7. The number of esters is 1. The minimum atomic E-state index is -0.381. The lowest BCUT2D eigenvalue weighted by atomic mass is 10.2. The van der Waals surface area contributed by atoms with Crippen LogP contribution in [0.3, 0.4) is 0 Å². The van der Waals surface area contributed by atoms with Crippen molar-refractivity contribution in [1.29, 1.82) is 0 Å². The van der Waals surface area contributed by atoms with Crippen LogP contribution in [0.5, 0.6) is 0 Å². The standard InChI is InChI=1S/C17H20ClN5O3/c1-2-26-15(24)12-23-16(19-11-13-3-5-14(18)6-4-13)20-17(21-23)22-7-9-25-10-8-22/h3-6,11H,2,7-10,12H2,1H3/b19-11+. The topological polar surface area (TPSA) is 81.8 Å². The van der Waals surface area contributed by atoms with E-state index in [4.69, 9.17) is 21.1 Å². The summed E-state index contributed by atoms with van der Waals surface area (Å²) in [6.45, 7) is 4.67. The molecule has 26 heavy (non-hydrogen) atoms. The maximum Gasteiger partial charge on any atom is 0.327 e. The summed E-state index contributed by atoms with van der Waals surface area (Å²) in [5, 5.41) is 5.08. The van der Waals surface area contributed by atoms with Gasteiger partial charge in [-0.1, -0.05) is 23.7 Å². The average molecular weight is 378 g/mol. The van der Waals surface area contributed by atoms with Gasteiger partial charge in [-0.25, -0.2) is 9.67 Å². The van der Waals surface area contributed by atoms with E-state index in [0.29, 0.717) is 49.8 Å². The molecule has 0 saturated carbocycles. The highest BCUT2D eigenvalue weighted by Gasteiger charge is 2.19. The Morgan fingerprint density at radius 3 is 2.77 bits per heavy atom. The first-order valence-electron chi connectivity index (χ1n) is 8.38. The van der Waals surface area contributed by atoms with E-state index < -0.39 is 0 Å². The number of carbonyl (C=O) groups is 1. The van der Waals surface area contributed by atoms with Gasteiger partial charge in [-0.2, -0.15) is 4.98 Å². The molecule has 2 aromatic rings. The van der Waals surface area contributed by atoms with Gasteiger partial charge in [0.1, 0.15) is 6.54 Å². The van der Waals surface area contributed by atoms with Crippen molar-refractivity contribution in [1.82, 2.24) is 14.8 Å². The van der Waals surface area contributed by atoms with E-state index in [9.17, 15) is 4.79 Å². The zero-order valence-corrected chi connectivity index (χ0v) is 15.2. The molecule has 3 rings (SSSR count). The smallest absolute Gasteiger partial charge is 0.327 e. The number of aliphatic imine (C=N–C) groups is 1. The lowest BCUT2D eigenvalue weighted by molar-refractivity contribution is -0.144. The largest absolute Gasteiger partial charge is 0.465 e. The van der Waals surface area contributed by atoms with Crippen LogP contribution in [0.1, 0.15) is 12.5 Å². The average Bonchev–Trinajstić information content (AvgIpc) is 3.05. The number of hydrogen-bond donors (Lipinski definition) is 0. The maximum absolute atomic E-state index is 11.9. The quantitative estimate of drug-likeness (QED) is 0.566. The van der Waals surface area contributed by atoms with E-state index in [-0.39, 0.29) is 12.5 Å². The van der Waals surface area contributed by atoms with Gasteiger partial charge in [0.15, 0.2) is 0 Å². The highest BCUT2D eigenvalue weighted by Crippen LogP contribution is 2.18. The van der Waals surface area contributed by atoms with Crippen molar-refractivity contribution in [3.63, 3.8) is 0 Å². The van der Waals surface area contributed by atoms with Crippen molar-refractivity contribution in [2.24, 2.45) is 4.99 Å². The van der Waals surface area contributed by atoms with Gasteiger partial charge in [-0.15, -0.1) is 5.10 Å². The van der Waals surface area contributed by atoms with Gasteiger partial charge < -0.3 is 14.4 Å². The molecule has 1 aromatic heterocycles. The Labute approximate surface area is 156 Å². The fourth-order valence-electron chi connectivity index (χ4n) is 2.43. The van der Waals surface area contributed by atoms with E-state index in [1.54, 1.807) is 25.3 Å². The van der Waals surface area contributed by atoms with Crippen LogP contribution >= 0.6 is 11.6 Å². The highest BCUT2D eigenvalue weighted by molar-refractivity contribution is 6.30. The molecule has 0 amide bonds. The molecule has 9 heteroatoms. The van der Waals surface area contributed by atoms with Gasteiger partial charge >= 0.3 is 5.97 Å². The molecule has 1 aliphatic heterocycles. The molecule has 0 radical (unpaired) electrons. The summed E-state index contributed by atoms with van der Waals surface area (Å²) in [5.74, 6) is 0.490. The molecule has 1 fully saturated rings. The summed E-state index contributed by atoms with van der Waals surface area (Å²) in [5.41, 5.74) is 0.869. The minimum absolute atomic E-state index is 0.0432. The lowest BCUT2D eigenvalue weighted by Gasteiger charge is -2.25. The van der Waals surface area contributed by atoms with Crippen molar-refractivity contribution < 1.29 is 14.3 Å². The fourth-order valence-corrected chi connectivity index (χ4v) is 2.56. The van der Waals surface area contributed by atoms with Gasteiger partial charge in [0.05, 0.1) is 19.8 Å². The summed E-state index contributed by atoms with van der Waals surface area (Å²) in [7, 11) is 0. The van der Waals surface area contributed by atoms with Crippen LogP contribution in [-0.2, 0) is 20.8 Å². The number of ether oxygens (including phenoxy) is 2. The molecular weight excluding hydrogens is 358 g/mol. The van der Waals surface area contributed by atoms with E-state index in [1.807, 2.05) is 17.0 Å². The number of anilines is 1. The first-order valence-corrected chi connectivity index (χ1v) is 8.76. The normalized spacial score (nSPS) is 14.8. The minimum Gasteiger partial charge on any atom is -0.465 e. The molecule has 0 N–H and O–H groups in total. The highest BCUT2D eigenvalue weighted by atomic mass is 35.5. The van der Waals surface area contributed by atoms with Crippen LogP contribution in [0.25, 0.3) is 0 Å². The third kappa shape index (κ3) is 4.80. The number of benzene rings is 1. The summed E-state index contributed by atoms with van der Waals surface area (Å²) in [4.78, 5) is 22.7. The van der Waals surface area contributed by atoms with Crippen LogP contribution in [0.4, 0.5) is 11.9 Å². The molecule has 1 aromatic carbocycles. The molecule has 0 aliphatic carbocycles. The zero-order valence-electron chi connectivity index (χ0n) is 14.5. The molecule has 0 atom stereocenters. The number of carbonyl (C=O) groups excluding carboxylic acids is 1. The van der Waals surface area contributed by atoms with E-state index >= 15 is 0 Å². The van der Waals surface area contributed by atoms with Crippen LogP contribution in [0.2, 0.25) is 5.02 Å². The Bertz CT molecular complexity index is 769. The SMILES string of the molecule is CCOC(=O)Cn1nc(N2CCOCC2)nc1/N=C/c1ccc(Cl)cc1. The third-order valence-electron chi connectivity index (χ3n) is 3.72. The maximum atomic E-state index is 11.9. The van der Waals surface area contributed by atoms with Crippen molar-refractivity contribution >= 4 is 35.7 Å². The summed E-state index contributed by atoms with van der Waals surface area (Å²) in [6.07, 6.45) is 1.66. The van der Waals surface area contributed by atoms with Gasteiger partial charge in [0.25, 0.3) is 0 Å². The predicted octanol–water partition coefficient (Wildman–Crippen LogP) is 2.08. The Morgan fingerprint density at radius 1 is 1.35 bits per heavy atom. The van der Waals surface area contributed by atoms with Gasteiger partial charge in [0.2, 0.25) is 11.9 Å². The lowest BCUT2D eigenvalue weighted by Crippen LogP contribution is -2.37. The molecule has 138 valence electrons. The molecule has 0 unspecified atom stereocenters. The third-order valence-corrected chi connectivity index (χ3v) is 3.97. The number of nitrogens with zero attached hydrogens (tertiary/aromatic N) is 5. The van der Waals surface area contributed by atoms with Gasteiger partial charge in [0, 0.05) is 24.3 Å². The number of aromatic nitrogens is 3. The molecule has 0 bridgehead atoms. The Hall–Kier alpha value is -2.45. The first-order chi connectivity index (χ1) is 12.7. The van der Waals surface area contributed by atoms with Crippen molar-refractivity contribution in [2.75, 3.05) is 37.8 Å². The molecular formula is C17H20ClN5O3. The van der Waals surface area contributed by atoms with Crippen molar-refractivity contribution in [3.8, 4) is 0 Å². The van der Waals surface area contributed by atoms with Gasteiger partial charge in [-0.05, 0) is 24.6 Å². The second-order valence-corrected chi connectivity index (χ2v) is 6.02. The van der Waals surface area contributed by atoms with E-state index in [2.05, 4.69) is 15.1 Å². The molecule has 1 aliphatic rings. The summed E-state index contributed by atoms with van der Waals surface area (Å²) in [6, 6.07) is 7.26. The van der Waals surface area contributed by atoms with E-state index in [1.165, 1.54) is 4.68 Å². The second kappa shape index (κ2) is 8.77. The number of rotatable bonds is 6. The predicted molar refractivity (Wildman–Crippen MR) is 98.4 cm³/mol. The Kier molecular flexibility index (Phi) is 6.19. The fraction of sp³-hybridized carbons (Fsp3) is 0.412. The molecule has 0 spiro atoms. The van der Waals surface area contributed by atoms with E-state index in [0.717, 1.165) is 5.56 Å². The van der Waals surface area contributed by atoms with Gasteiger partial charge in [-0.3, -0.25) is 4.79 Å². The van der Waals surface area contributed by atoms with Crippen LogP contribution in [0, 0.1) is 0 Å². The summed E-state index contributed by atoms with van der Waals surface area (Å²) < 4.78 is 11.8. The Morgan fingerprint density at radius 2 is 2.08 bits per heavy atom. The number of halogens is 1. The zero-order chi connectivity index (χ0) is 18.4. The van der Waals surface area contributed by atoms with Crippen LogP contribution in [0.15, 0.2) is 29.3 Å². The van der Waals surface area contributed by atoms with Crippen molar-refractivity contribution in [3.05, 3.63) is 34.9 Å². The molecule has 1 saturated heterocycles. The second-order valence-electron chi connectivity index (χ2n) is 5.58. The molecule has 2 heterocycles. The Balaban J connectivity index is 1.83. The molecule has 8 nitrogen and oxygen atoms in total. The van der Waals surface area contributed by atoms with Crippen LogP contribution in [-0.4, -0.2) is 59.9 Å². The van der Waals surface area contributed by atoms with Crippen molar-refractivity contribution in [2.45, 2.75) is 13.5 Å².